The molecule has 0 amide bonds. The van der Waals surface area contributed by atoms with Gasteiger partial charge in [-0.05, 0) is 24.6 Å². The van der Waals surface area contributed by atoms with Crippen LogP contribution in [0.25, 0.3) is 0 Å². The average Bonchev–Trinajstić information content (AvgIpc) is 2.71. The number of aromatic nitrogens is 1. The van der Waals surface area contributed by atoms with Gasteiger partial charge in [-0.1, -0.05) is 24.3 Å². The normalized spacial score (nSPS) is 20.1. The van der Waals surface area contributed by atoms with Gasteiger partial charge in [0.25, 0.3) is 0 Å². The molecule has 1 aromatic heterocycles. The van der Waals surface area contributed by atoms with Crippen molar-refractivity contribution in [1.29, 1.82) is 0 Å². The molecule has 5 nitrogen and oxygen atoms in total. The van der Waals surface area contributed by atoms with Gasteiger partial charge in [0.15, 0.2) is 24.7 Å². The summed E-state index contributed by atoms with van der Waals surface area (Å²) in [6.45, 7) is 1.75. The maximum absolute atomic E-state index is 12.7. The zero-order valence-corrected chi connectivity index (χ0v) is 12.9. The lowest BCUT2D eigenvalue weighted by molar-refractivity contribution is 0.582. The summed E-state index contributed by atoms with van der Waals surface area (Å²) in [6, 6.07) is 9.49. The van der Waals surface area contributed by atoms with E-state index in [9.17, 15) is 16.8 Å². The molecule has 1 aliphatic heterocycles. The van der Waals surface area contributed by atoms with Gasteiger partial charge < -0.3 is 0 Å². The molecule has 1 aliphatic rings. The molecular weight excluding hydrogens is 310 g/mol. The molecule has 1 aromatic carbocycles. The minimum absolute atomic E-state index is 0.113. The summed E-state index contributed by atoms with van der Waals surface area (Å²) >= 11 is 0. The van der Waals surface area contributed by atoms with Gasteiger partial charge in [0.05, 0.1) is 10.6 Å². The molecule has 3 rings (SSSR count). The maximum atomic E-state index is 12.7. The van der Waals surface area contributed by atoms with Crippen LogP contribution in [0.1, 0.15) is 16.4 Å². The van der Waals surface area contributed by atoms with Gasteiger partial charge in [0, 0.05) is 11.8 Å². The van der Waals surface area contributed by atoms with Crippen LogP contribution in [0.3, 0.4) is 0 Å². The van der Waals surface area contributed by atoms with Crippen LogP contribution in [0, 0.1) is 6.92 Å². The molecule has 1 unspecified atom stereocenters. The molecule has 110 valence electrons. The summed E-state index contributed by atoms with van der Waals surface area (Å²) in [7, 11) is -7.41. The Balaban J connectivity index is 2.21. The fraction of sp³-hybridized carbons (Fsp3) is 0.214. The first-order valence-corrected chi connectivity index (χ1v) is 9.50. The molecule has 0 saturated carbocycles. The van der Waals surface area contributed by atoms with E-state index in [1.165, 1.54) is 18.3 Å². The Bertz CT molecular complexity index is 903. The molecule has 2 aromatic rings. The van der Waals surface area contributed by atoms with Crippen molar-refractivity contribution in [1.82, 2.24) is 4.98 Å². The first-order valence-electron chi connectivity index (χ1n) is 6.30. The van der Waals surface area contributed by atoms with Crippen molar-refractivity contribution in [2.45, 2.75) is 22.1 Å². The molecule has 0 saturated heterocycles. The van der Waals surface area contributed by atoms with Crippen LogP contribution >= 0.6 is 0 Å². The zero-order chi connectivity index (χ0) is 15.3. The van der Waals surface area contributed by atoms with Gasteiger partial charge in [-0.15, -0.1) is 0 Å². The molecule has 7 heteroatoms. The fourth-order valence-electron chi connectivity index (χ4n) is 2.47. The van der Waals surface area contributed by atoms with Gasteiger partial charge in [-0.2, -0.15) is 0 Å². The zero-order valence-electron chi connectivity index (χ0n) is 11.2. The number of aryl methyl sites for hydroxylation is 1. The van der Waals surface area contributed by atoms with Crippen molar-refractivity contribution < 1.29 is 16.8 Å². The van der Waals surface area contributed by atoms with Crippen LogP contribution < -0.4 is 0 Å². The second kappa shape index (κ2) is 4.64. The van der Waals surface area contributed by atoms with Crippen molar-refractivity contribution in [3.05, 3.63) is 53.7 Å². The molecule has 0 N–H and O–H groups in total. The Labute approximate surface area is 123 Å². The van der Waals surface area contributed by atoms with E-state index >= 15 is 0 Å². The summed E-state index contributed by atoms with van der Waals surface area (Å²) in [5, 5.41) is -1.20. The number of rotatable bonds is 2. The number of nitrogens with zero attached hydrogens (tertiary/aromatic N) is 1. The van der Waals surface area contributed by atoms with Gasteiger partial charge in [0.2, 0.25) is 0 Å². The second-order valence-electron chi connectivity index (χ2n) is 5.04. The van der Waals surface area contributed by atoms with Crippen molar-refractivity contribution in [2.75, 3.05) is 5.75 Å². The number of sulfone groups is 2. The Morgan fingerprint density at radius 1 is 1.19 bits per heavy atom. The number of benzene rings is 1. The summed E-state index contributed by atoms with van der Waals surface area (Å²) < 4.78 is 49.7. The SMILES string of the molecule is Cc1cnc2c(c1)C(S(=O)(=O)c1ccccc1)CS2(=O)=O. The van der Waals surface area contributed by atoms with Crippen LogP contribution in [0.15, 0.2) is 52.5 Å². The fourth-order valence-corrected chi connectivity index (χ4v) is 6.69. The lowest BCUT2D eigenvalue weighted by atomic mass is 10.2. The molecule has 21 heavy (non-hydrogen) atoms. The summed E-state index contributed by atoms with van der Waals surface area (Å²) in [5.74, 6) is -0.448. The van der Waals surface area contributed by atoms with E-state index < -0.39 is 30.7 Å². The monoisotopic (exact) mass is 323 g/mol. The van der Waals surface area contributed by atoms with E-state index in [-0.39, 0.29) is 15.5 Å². The topological polar surface area (TPSA) is 81.2 Å². The predicted molar refractivity (Wildman–Crippen MR) is 77.4 cm³/mol. The van der Waals surface area contributed by atoms with Crippen molar-refractivity contribution >= 4 is 19.7 Å². The number of hydrogen-bond donors (Lipinski definition) is 0. The molecule has 1 atom stereocenters. The van der Waals surface area contributed by atoms with E-state index in [0.717, 1.165) is 5.56 Å². The van der Waals surface area contributed by atoms with E-state index in [1.807, 2.05) is 0 Å². The standard InChI is InChI=1S/C14H13NO4S2/c1-10-7-12-13(9-20(16,17)14(12)15-8-10)21(18,19)11-5-3-2-4-6-11/h2-8,13H,9H2,1H3. The lowest BCUT2D eigenvalue weighted by Gasteiger charge is -2.11. The van der Waals surface area contributed by atoms with E-state index in [2.05, 4.69) is 4.98 Å². The third-order valence-corrected chi connectivity index (χ3v) is 7.49. The van der Waals surface area contributed by atoms with Crippen LogP contribution in [0.4, 0.5) is 0 Å². The Kier molecular flexibility index (Phi) is 3.14. The molecule has 0 spiro atoms. The largest absolute Gasteiger partial charge is 0.244 e. The number of hydrogen-bond acceptors (Lipinski definition) is 5. The van der Waals surface area contributed by atoms with E-state index in [0.29, 0.717) is 0 Å². The third kappa shape index (κ3) is 2.26. The quantitative estimate of drug-likeness (QED) is 0.840. The predicted octanol–water partition coefficient (Wildman–Crippen LogP) is 1.69. The van der Waals surface area contributed by atoms with Crippen molar-refractivity contribution in [2.24, 2.45) is 0 Å². The minimum atomic E-state index is -3.76. The van der Waals surface area contributed by atoms with Gasteiger partial charge in [-0.25, -0.2) is 21.8 Å². The van der Waals surface area contributed by atoms with E-state index in [4.69, 9.17) is 0 Å². The first-order chi connectivity index (χ1) is 9.82. The molecule has 0 aliphatic carbocycles. The Hall–Kier alpha value is -1.73. The maximum Gasteiger partial charge on any atom is 0.197 e. The highest BCUT2D eigenvalue weighted by Gasteiger charge is 2.44. The van der Waals surface area contributed by atoms with Crippen molar-refractivity contribution in [3.8, 4) is 0 Å². The van der Waals surface area contributed by atoms with Gasteiger partial charge >= 0.3 is 0 Å². The number of fused-ring (bicyclic) bond motifs is 1. The number of pyridine rings is 1. The van der Waals surface area contributed by atoms with Crippen LogP contribution in [-0.4, -0.2) is 27.6 Å². The Morgan fingerprint density at radius 2 is 1.86 bits per heavy atom. The Morgan fingerprint density at radius 3 is 2.52 bits per heavy atom. The first kappa shape index (κ1) is 14.2. The molecule has 0 fully saturated rings. The summed E-state index contributed by atoms with van der Waals surface area (Å²) in [5.41, 5.74) is 1.01. The smallest absolute Gasteiger partial charge is 0.197 e. The molecule has 0 radical (unpaired) electrons. The van der Waals surface area contributed by atoms with Gasteiger partial charge in [-0.3, -0.25) is 0 Å². The van der Waals surface area contributed by atoms with Crippen LogP contribution in [0.5, 0.6) is 0 Å². The lowest BCUT2D eigenvalue weighted by Crippen LogP contribution is -2.15. The van der Waals surface area contributed by atoms with Crippen LogP contribution in [0.2, 0.25) is 0 Å². The van der Waals surface area contributed by atoms with E-state index in [1.54, 1.807) is 31.2 Å². The van der Waals surface area contributed by atoms with Gasteiger partial charge in [0.1, 0.15) is 5.25 Å². The molecular formula is C14H13NO4S2. The van der Waals surface area contributed by atoms with Crippen molar-refractivity contribution in [3.63, 3.8) is 0 Å². The molecule has 2 heterocycles. The molecule has 0 bridgehead atoms. The summed E-state index contributed by atoms with van der Waals surface area (Å²) in [4.78, 5) is 4.04. The average molecular weight is 323 g/mol. The summed E-state index contributed by atoms with van der Waals surface area (Å²) in [6.07, 6.45) is 1.44. The minimum Gasteiger partial charge on any atom is -0.244 e. The highest BCUT2D eigenvalue weighted by molar-refractivity contribution is 7.96. The second-order valence-corrected chi connectivity index (χ2v) is 9.12. The highest BCUT2D eigenvalue weighted by atomic mass is 32.2. The third-order valence-electron chi connectivity index (χ3n) is 3.47. The van der Waals surface area contributed by atoms with Crippen LogP contribution in [-0.2, 0) is 19.7 Å². The highest BCUT2D eigenvalue weighted by Crippen LogP contribution is 2.40.